The number of benzene rings is 2. The first-order chi connectivity index (χ1) is 13.1. The Balaban J connectivity index is 1.42. The molecule has 140 valence electrons. The van der Waals surface area contributed by atoms with Crippen molar-refractivity contribution in [2.24, 2.45) is 0 Å². The van der Waals surface area contributed by atoms with Crippen LogP contribution in [0.1, 0.15) is 5.69 Å². The quantitative estimate of drug-likeness (QED) is 0.405. The van der Waals surface area contributed by atoms with Gasteiger partial charge in [-0.1, -0.05) is 23.7 Å². The number of nitrogens with zero attached hydrogens (tertiary/aromatic N) is 1. The third-order valence-electron chi connectivity index (χ3n) is 3.64. The number of halogens is 1. The molecule has 5 nitrogen and oxygen atoms in total. The second kappa shape index (κ2) is 9.39. The Morgan fingerprint density at radius 3 is 2.44 bits per heavy atom. The molecule has 0 N–H and O–H groups in total. The van der Waals surface area contributed by atoms with Crippen LogP contribution in [0.15, 0.2) is 53.9 Å². The minimum atomic E-state index is -0.332. The lowest BCUT2D eigenvalue weighted by molar-refractivity contribution is -0.143. The summed E-state index contributed by atoms with van der Waals surface area (Å²) in [6.07, 6.45) is 0.132. The summed E-state index contributed by atoms with van der Waals surface area (Å²) in [5.74, 6) is 1.12. The van der Waals surface area contributed by atoms with Gasteiger partial charge in [-0.05, 0) is 36.4 Å². The standard InChI is InChI=1S/C20H18ClNO4S/c1-24-17-6-8-18(9-7-17)25-10-11-26-19(23)12-16-13-27-20(22-16)14-2-4-15(21)5-3-14/h2-9,13H,10-12H2,1H3. The van der Waals surface area contributed by atoms with E-state index in [0.717, 1.165) is 16.3 Å². The van der Waals surface area contributed by atoms with Crippen LogP contribution in [0.2, 0.25) is 5.02 Å². The van der Waals surface area contributed by atoms with Gasteiger partial charge in [-0.2, -0.15) is 0 Å². The summed E-state index contributed by atoms with van der Waals surface area (Å²) in [7, 11) is 1.61. The summed E-state index contributed by atoms with van der Waals surface area (Å²) in [6, 6.07) is 14.6. The molecule has 0 saturated carbocycles. The Morgan fingerprint density at radius 2 is 1.74 bits per heavy atom. The molecule has 0 radical (unpaired) electrons. The minimum Gasteiger partial charge on any atom is -0.497 e. The molecular weight excluding hydrogens is 386 g/mol. The van der Waals surface area contributed by atoms with Crippen molar-refractivity contribution in [1.29, 1.82) is 0 Å². The summed E-state index contributed by atoms with van der Waals surface area (Å²) in [5.41, 5.74) is 1.66. The van der Waals surface area contributed by atoms with Crippen molar-refractivity contribution in [3.05, 3.63) is 64.6 Å². The zero-order chi connectivity index (χ0) is 19.1. The highest BCUT2D eigenvalue weighted by atomic mass is 35.5. The summed E-state index contributed by atoms with van der Waals surface area (Å²) < 4.78 is 15.8. The summed E-state index contributed by atoms with van der Waals surface area (Å²) in [5, 5.41) is 3.38. The molecule has 0 aliphatic rings. The third kappa shape index (κ3) is 5.70. The van der Waals surface area contributed by atoms with Gasteiger partial charge in [0.1, 0.15) is 29.7 Å². The van der Waals surface area contributed by atoms with Crippen LogP contribution in [0, 0.1) is 0 Å². The van der Waals surface area contributed by atoms with Gasteiger partial charge in [0.25, 0.3) is 0 Å². The average Bonchev–Trinajstić information content (AvgIpc) is 3.14. The summed E-state index contributed by atoms with van der Waals surface area (Å²) >= 11 is 7.37. The predicted molar refractivity (Wildman–Crippen MR) is 106 cm³/mol. The van der Waals surface area contributed by atoms with Crippen molar-refractivity contribution in [3.63, 3.8) is 0 Å². The van der Waals surface area contributed by atoms with E-state index in [1.807, 2.05) is 41.8 Å². The van der Waals surface area contributed by atoms with E-state index < -0.39 is 0 Å². The van der Waals surface area contributed by atoms with E-state index in [1.165, 1.54) is 11.3 Å². The SMILES string of the molecule is COc1ccc(OCCOC(=O)Cc2csc(-c3ccc(Cl)cc3)n2)cc1. The van der Waals surface area contributed by atoms with Crippen LogP contribution in [0.25, 0.3) is 10.6 Å². The zero-order valence-corrected chi connectivity index (χ0v) is 16.3. The third-order valence-corrected chi connectivity index (χ3v) is 4.84. The fourth-order valence-electron chi connectivity index (χ4n) is 2.30. The molecule has 3 rings (SSSR count). The number of esters is 1. The molecule has 7 heteroatoms. The number of aromatic nitrogens is 1. The predicted octanol–water partition coefficient (Wildman–Crippen LogP) is 4.64. The lowest BCUT2D eigenvalue weighted by Crippen LogP contribution is -2.14. The number of carbonyl (C=O) groups excluding carboxylic acids is 1. The summed E-state index contributed by atoms with van der Waals surface area (Å²) in [6.45, 7) is 0.463. The van der Waals surface area contributed by atoms with Gasteiger partial charge in [0.2, 0.25) is 0 Å². The molecule has 0 unspecified atom stereocenters. The van der Waals surface area contributed by atoms with Crippen molar-refractivity contribution in [3.8, 4) is 22.1 Å². The van der Waals surface area contributed by atoms with Crippen LogP contribution in [-0.4, -0.2) is 31.3 Å². The molecule has 2 aromatic carbocycles. The Morgan fingerprint density at radius 1 is 1.04 bits per heavy atom. The van der Waals surface area contributed by atoms with Gasteiger partial charge in [-0.3, -0.25) is 4.79 Å². The highest BCUT2D eigenvalue weighted by molar-refractivity contribution is 7.13. The van der Waals surface area contributed by atoms with E-state index in [-0.39, 0.29) is 25.6 Å². The van der Waals surface area contributed by atoms with Gasteiger partial charge >= 0.3 is 5.97 Å². The minimum absolute atomic E-state index is 0.132. The zero-order valence-electron chi connectivity index (χ0n) is 14.7. The Kier molecular flexibility index (Phi) is 6.68. The lowest BCUT2D eigenvalue weighted by Gasteiger charge is -2.07. The molecule has 1 heterocycles. The number of hydrogen-bond donors (Lipinski definition) is 0. The topological polar surface area (TPSA) is 57.7 Å². The van der Waals surface area contributed by atoms with Crippen molar-refractivity contribution < 1.29 is 19.0 Å². The normalized spacial score (nSPS) is 10.4. The fourth-order valence-corrected chi connectivity index (χ4v) is 3.25. The molecule has 27 heavy (non-hydrogen) atoms. The maximum Gasteiger partial charge on any atom is 0.312 e. The highest BCUT2D eigenvalue weighted by Gasteiger charge is 2.10. The van der Waals surface area contributed by atoms with Crippen LogP contribution in [0.3, 0.4) is 0 Å². The molecule has 0 amide bonds. The number of rotatable bonds is 8. The molecule has 0 aliphatic carbocycles. The lowest BCUT2D eigenvalue weighted by atomic mass is 10.2. The van der Waals surface area contributed by atoms with Crippen LogP contribution >= 0.6 is 22.9 Å². The molecular formula is C20H18ClNO4S. The molecule has 0 atom stereocenters. The van der Waals surface area contributed by atoms with Gasteiger partial charge < -0.3 is 14.2 Å². The van der Waals surface area contributed by atoms with Crippen LogP contribution in [0.4, 0.5) is 0 Å². The number of ether oxygens (including phenoxy) is 3. The number of thiazole rings is 1. The van der Waals surface area contributed by atoms with Crippen molar-refractivity contribution in [2.45, 2.75) is 6.42 Å². The van der Waals surface area contributed by atoms with Crippen LogP contribution in [-0.2, 0) is 16.0 Å². The maximum atomic E-state index is 12.0. The Hall–Kier alpha value is -2.57. The first-order valence-electron chi connectivity index (χ1n) is 8.27. The first-order valence-corrected chi connectivity index (χ1v) is 9.52. The maximum absolute atomic E-state index is 12.0. The molecule has 0 aliphatic heterocycles. The Labute approximate surface area is 166 Å². The number of carbonyl (C=O) groups is 1. The van der Waals surface area contributed by atoms with E-state index in [2.05, 4.69) is 4.98 Å². The summed E-state index contributed by atoms with van der Waals surface area (Å²) in [4.78, 5) is 16.4. The van der Waals surface area contributed by atoms with Crippen molar-refractivity contribution in [1.82, 2.24) is 4.98 Å². The van der Waals surface area contributed by atoms with Crippen molar-refractivity contribution >= 4 is 28.9 Å². The molecule has 1 aromatic heterocycles. The first kappa shape index (κ1) is 19.2. The monoisotopic (exact) mass is 403 g/mol. The second-order valence-electron chi connectivity index (χ2n) is 5.57. The number of hydrogen-bond acceptors (Lipinski definition) is 6. The van der Waals surface area contributed by atoms with Crippen LogP contribution in [0.5, 0.6) is 11.5 Å². The number of methoxy groups -OCH3 is 1. The van der Waals surface area contributed by atoms with E-state index >= 15 is 0 Å². The van der Waals surface area contributed by atoms with Crippen LogP contribution < -0.4 is 9.47 Å². The molecule has 3 aromatic rings. The second-order valence-corrected chi connectivity index (χ2v) is 6.87. The average molecular weight is 404 g/mol. The highest BCUT2D eigenvalue weighted by Crippen LogP contribution is 2.25. The van der Waals surface area contributed by atoms with Gasteiger partial charge in [-0.15, -0.1) is 11.3 Å². The van der Waals surface area contributed by atoms with E-state index in [9.17, 15) is 4.79 Å². The Bertz CT molecular complexity index is 878. The van der Waals surface area contributed by atoms with Gasteiger partial charge in [0.15, 0.2) is 0 Å². The van der Waals surface area contributed by atoms with E-state index in [4.69, 9.17) is 25.8 Å². The molecule has 0 saturated heterocycles. The van der Waals surface area contributed by atoms with Gasteiger partial charge in [-0.25, -0.2) is 4.98 Å². The fraction of sp³-hybridized carbons (Fsp3) is 0.200. The van der Waals surface area contributed by atoms with Crippen molar-refractivity contribution in [2.75, 3.05) is 20.3 Å². The molecule has 0 fully saturated rings. The smallest absolute Gasteiger partial charge is 0.312 e. The van der Waals surface area contributed by atoms with E-state index in [1.54, 1.807) is 19.2 Å². The van der Waals surface area contributed by atoms with Gasteiger partial charge in [0, 0.05) is 16.0 Å². The van der Waals surface area contributed by atoms with E-state index in [0.29, 0.717) is 16.5 Å². The molecule has 0 bridgehead atoms. The van der Waals surface area contributed by atoms with Gasteiger partial charge in [0.05, 0.1) is 19.2 Å². The largest absolute Gasteiger partial charge is 0.497 e. The molecule has 0 spiro atoms.